The van der Waals surface area contributed by atoms with E-state index in [1.165, 1.54) is 397 Å². The van der Waals surface area contributed by atoms with E-state index in [9.17, 15) is 0 Å². The number of hydrogen-bond acceptors (Lipinski definition) is 8. The van der Waals surface area contributed by atoms with Gasteiger partial charge in [-0.15, -0.1) is 47.0 Å². The molecule has 8 heteroatoms. The molecule has 0 aromatic heterocycles. The van der Waals surface area contributed by atoms with Crippen molar-refractivity contribution in [1.29, 1.82) is 0 Å². The lowest BCUT2D eigenvalue weighted by atomic mass is 9.70. The highest BCUT2D eigenvalue weighted by Crippen LogP contribution is 2.60. The fraction of sp³-hybridized carbons (Fsp3) is 0.656. The SMILES string of the molecule is CCCCCCCCCCSC1=C(SCCCCCCCCCC)SC(=Cc2ccc(-c3ccc4c(c3)C(CCCCCCCCCC)(CCCCCCCCCC)c3cc(-c5ccc(C=C6SC(SCCCCCCCCCC)=C(SCCCCCCCCCC)S6)cc5)ccc3-4)cc2)S1. The fourth-order valence-electron chi connectivity index (χ4n) is 15.1. The highest BCUT2D eigenvalue weighted by molar-refractivity contribution is 8.41. The van der Waals surface area contributed by atoms with Crippen LogP contribution in [0.3, 0.4) is 0 Å². The van der Waals surface area contributed by atoms with E-state index in [0.717, 1.165) is 0 Å². The Bertz CT molecular complexity index is 2680. The van der Waals surface area contributed by atoms with Crippen LogP contribution in [0.4, 0.5) is 0 Å². The van der Waals surface area contributed by atoms with Gasteiger partial charge in [-0.2, -0.15) is 0 Å². The Labute approximate surface area is 657 Å². The van der Waals surface area contributed by atoms with Crippen molar-refractivity contribution in [2.75, 3.05) is 23.0 Å². The van der Waals surface area contributed by atoms with Gasteiger partial charge in [0.25, 0.3) is 0 Å². The summed E-state index contributed by atoms with van der Waals surface area (Å²) in [5.41, 5.74) is 14.2. The Morgan fingerprint density at radius 3 is 0.713 bits per heavy atom. The second-order valence-corrected chi connectivity index (χ2v) is 40.3. The van der Waals surface area contributed by atoms with Gasteiger partial charge in [-0.1, -0.05) is 444 Å². The first-order valence-corrected chi connectivity index (χ1v) is 49.8. The zero-order valence-electron chi connectivity index (χ0n) is 65.2. The normalized spacial score (nSPS) is 14.2. The molecule has 2 heterocycles. The average molecular weight is 1520 g/mol. The van der Waals surface area contributed by atoms with Crippen LogP contribution in [0.5, 0.6) is 0 Å². The number of hydrogen-bond donors (Lipinski definition) is 0. The molecule has 0 N–H and O–H groups in total. The molecule has 7 rings (SSSR count). The van der Waals surface area contributed by atoms with Gasteiger partial charge in [-0.25, -0.2) is 0 Å². The van der Waals surface area contributed by atoms with Gasteiger partial charge in [-0.3, -0.25) is 0 Å². The molecule has 0 fully saturated rings. The topological polar surface area (TPSA) is 0 Å². The summed E-state index contributed by atoms with van der Waals surface area (Å²) in [4.78, 5) is 0. The van der Waals surface area contributed by atoms with Gasteiger partial charge >= 0.3 is 0 Å². The lowest BCUT2D eigenvalue weighted by Crippen LogP contribution is -2.25. The van der Waals surface area contributed by atoms with Crippen molar-refractivity contribution < 1.29 is 0 Å². The lowest BCUT2D eigenvalue weighted by molar-refractivity contribution is 0.397. The van der Waals surface area contributed by atoms with Crippen molar-refractivity contribution in [2.45, 2.75) is 368 Å². The van der Waals surface area contributed by atoms with Crippen LogP contribution in [0.1, 0.15) is 385 Å². The number of benzene rings is 4. The number of unbranched alkanes of at least 4 members (excludes halogenated alkanes) is 42. The summed E-state index contributed by atoms with van der Waals surface area (Å²) in [6, 6.07) is 34.8. The number of thioether (sulfide) groups is 8. The first kappa shape index (κ1) is 86.9. The maximum Gasteiger partial charge on any atom is 0.0659 e. The monoisotopic (exact) mass is 1510 g/mol. The van der Waals surface area contributed by atoms with Crippen LogP contribution in [0.2, 0.25) is 0 Å². The van der Waals surface area contributed by atoms with Gasteiger partial charge in [0.1, 0.15) is 0 Å². The van der Waals surface area contributed by atoms with Crippen molar-refractivity contribution in [3.05, 3.63) is 133 Å². The molecule has 0 bridgehead atoms. The third kappa shape index (κ3) is 33.2. The maximum absolute atomic E-state index is 2.69. The third-order valence-electron chi connectivity index (χ3n) is 21.4. The van der Waals surface area contributed by atoms with E-state index >= 15 is 0 Å². The van der Waals surface area contributed by atoms with Crippen LogP contribution in [-0.4, -0.2) is 23.0 Å². The molecule has 0 radical (unpaired) electrons. The molecule has 2 aliphatic heterocycles. The van der Waals surface area contributed by atoms with Crippen molar-refractivity contribution in [2.24, 2.45) is 0 Å². The van der Waals surface area contributed by atoms with Crippen LogP contribution >= 0.6 is 94.1 Å². The van der Waals surface area contributed by atoms with E-state index in [-0.39, 0.29) is 5.41 Å². The summed E-state index contributed by atoms with van der Waals surface area (Å²) >= 11 is 16.8. The molecule has 3 aliphatic rings. The average Bonchev–Trinajstić information content (AvgIpc) is 1.56. The van der Waals surface area contributed by atoms with Crippen LogP contribution in [0.25, 0.3) is 45.5 Å². The predicted molar refractivity (Wildman–Crippen MR) is 479 cm³/mol. The number of rotatable bonds is 62. The quantitative estimate of drug-likeness (QED) is 0.0396. The Morgan fingerprint density at radius 2 is 0.465 bits per heavy atom. The molecule has 4 aromatic carbocycles. The van der Waals surface area contributed by atoms with Gasteiger partial charge in [-0.05, 0) is 141 Å². The van der Waals surface area contributed by atoms with Gasteiger partial charge in [0.2, 0.25) is 0 Å². The van der Waals surface area contributed by atoms with E-state index in [4.69, 9.17) is 0 Å². The molecular weight excluding hydrogens is 1370 g/mol. The van der Waals surface area contributed by atoms with E-state index in [1.807, 2.05) is 0 Å². The van der Waals surface area contributed by atoms with Crippen molar-refractivity contribution in [1.82, 2.24) is 0 Å². The van der Waals surface area contributed by atoms with Crippen LogP contribution < -0.4 is 0 Å². The molecule has 562 valence electrons. The van der Waals surface area contributed by atoms with Crippen LogP contribution in [0, 0.1) is 0 Å². The highest BCUT2D eigenvalue weighted by atomic mass is 32.3. The first-order chi connectivity index (χ1) is 49.9. The van der Waals surface area contributed by atoms with Crippen LogP contribution in [0.15, 0.2) is 110 Å². The van der Waals surface area contributed by atoms with Crippen molar-refractivity contribution in [3.63, 3.8) is 0 Å². The molecule has 0 saturated carbocycles. The standard InChI is InChI=1S/C93H142S8/c1-7-13-19-25-31-37-43-49-67-93(68-50-44-38-32-26-20-14-8-2)85-75-81(79-59-55-77(56-60-79)73-87-98-89(94-69-51-45-39-33-27-21-15-9-3)90(99-87)95-70-52-46-40-34-28-22-16-10-4)63-65-83(85)84-66-64-82(76-86(84)93)80-61-57-78(58-62-80)74-88-100-91(96-71-53-47-41-35-29-23-17-11-5)92(101-88)97-72-54-48-42-36-30-24-18-12-6/h55-66,73-76H,7-54,67-72H2,1-6H3. The van der Waals surface area contributed by atoms with Gasteiger partial charge in [0, 0.05) is 5.41 Å². The third-order valence-corrected chi connectivity index (χ3v) is 32.5. The van der Waals surface area contributed by atoms with Crippen molar-refractivity contribution >= 4 is 106 Å². The predicted octanol–water partition coefficient (Wildman–Crippen LogP) is 35.7. The highest BCUT2D eigenvalue weighted by Gasteiger charge is 2.43. The summed E-state index contributed by atoms with van der Waals surface area (Å²) in [5, 5.41) is 0. The molecule has 0 unspecified atom stereocenters. The minimum Gasteiger partial charge on any atom is -0.117 e. The Hall–Kier alpha value is -1.36. The smallest absolute Gasteiger partial charge is 0.0659 e. The molecule has 0 amide bonds. The molecule has 0 nitrogen and oxygen atoms in total. The zero-order chi connectivity index (χ0) is 70.9. The lowest BCUT2D eigenvalue weighted by Gasteiger charge is -2.33. The van der Waals surface area contributed by atoms with Gasteiger partial charge in [0.05, 0.1) is 25.4 Å². The number of fused-ring (bicyclic) bond motifs is 3. The molecule has 4 aromatic rings. The van der Waals surface area contributed by atoms with E-state index in [0.29, 0.717) is 0 Å². The second kappa shape index (κ2) is 55.1. The van der Waals surface area contributed by atoms with Crippen molar-refractivity contribution in [3.8, 4) is 33.4 Å². The summed E-state index contributed by atoms with van der Waals surface area (Å²) in [6.07, 6.45) is 73.5. The molecule has 0 saturated heterocycles. The van der Waals surface area contributed by atoms with Gasteiger partial charge < -0.3 is 0 Å². The first-order valence-electron chi connectivity index (χ1n) is 42.6. The van der Waals surface area contributed by atoms with E-state index < -0.39 is 0 Å². The Balaban J connectivity index is 1.09. The summed E-state index contributed by atoms with van der Waals surface area (Å²) in [5.74, 6) is 4.99. The fourth-order valence-corrected chi connectivity index (χ4v) is 27.0. The van der Waals surface area contributed by atoms with Gasteiger partial charge in [0.15, 0.2) is 0 Å². The maximum atomic E-state index is 2.69. The molecule has 0 spiro atoms. The minimum atomic E-state index is -0.00841. The summed E-state index contributed by atoms with van der Waals surface area (Å²) in [6.45, 7) is 14.0. The van der Waals surface area contributed by atoms with Crippen LogP contribution in [-0.2, 0) is 5.41 Å². The molecule has 101 heavy (non-hydrogen) atoms. The van der Waals surface area contributed by atoms with E-state index in [2.05, 4.69) is 233 Å². The largest absolute Gasteiger partial charge is 0.117 e. The van der Waals surface area contributed by atoms with E-state index in [1.54, 1.807) is 28.1 Å². The molecule has 0 atom stereocenters. The zero-order valence-corrected chi connectivity index (χ0v) is 71.7. The summed E-state index contributed by atoms with van der Waals surface area (Å²) < 4.78 is 9.17. The summed E-state index contributed by atoms with van der Waals surface area (Å²) in [7, 11) is 0. The Morgan fingerprint density at radius 1 is 0.248 bits per heavy atom. The molecule has 1 aliphatic carbocycles. The Kier molecular flexibility index (Phi) is 47.4. The molecular formula is C93H142S8. The second-order valence-electron chi connectivity index (χ2n) is 30.1. The minimum absolute atomic E-state index is 0.00841.